The van der Waals surface area contributed by atoms with Crippen molar-refractivity contribution in [1.82, 2.24) is 5.32 Å². The average molecular weight is 300 g/mol. The number of thiol groups is 2. The van der Waals surface area contributed by atoms with Gasteiger partial charge in [0, 0.05) is 0 Å². The summed E-state index contributed by atoms with van der Waals surface area (Å²) in [5.41, 5.74) is 5.15. The zero-order valence-electron chi connectivity index (χ0n) is 10.3. The fraction of sp³-hybridized carbons (Fsp3) is 0.778. The number of carbonyl (C=O) groups excluding carboxylic acids is 1. The Kier molecular flexibility index (Phi) is 9.48. The van der Waals surface area contributed by atoms with E-state index in [0.29, 0.717) is 0 Å². The molecule has 0 aliphatic rings. The molecule has 2 unspecified atom stereocenters. The predicted octanol–water partition coefficient (Wildman–Crippen LogP) is -1.55. The first kappa shape index (κ1) is 19.9. The van der Waals surface area contributed by atoms with Crippen molar-refractivity contribution >= 4 is 37.1 Å². The van der Waals surface area contributed by atoms with Crippen molar-refractivity contribution in [2.75, 3.05) is 19.8 Å². The number of nitrogens with one attached hydrogen (secondary N) is 1. The molecule has 0 aromatic carbocycles. The van der Waals surface area contributed by atoms with Gasteiger partial charge in [-0.1, -0.05) is 0 Å². The third kappa shape index (κ3) is 12.0. The van der Waals surface area contributed by atoms with Crippen LogP contribution >= 0.6 is 25.3 Å². The molecule has 0 aromatic heterocycles. The van der Waals surface area contributed by atoms with Crippen molar-refractivity contribution in [3.8, 4) is 0 Å². The van der Waals surface area contributed by atoms with Gasteiger partial charge < -0.3 is 26.4 Å². The highest BCUT2D eigenvalue weighted by molar-refractivity contribution is 7.82. The molecule has 0 heterocycles. The topological polar surface area (TPSA) is 133 Å². The number of carbonyl (C=O) groups is 2. The lowest BCUT2D eigenvalue weighted by atomic mass is 10.1. The number of nitrogens with two attached hydrogens (primary N) is 1. The van der Waals surface area contributed by atoms with Gasteiger partial charge in [0.1, 0.15) is 11.3 Å². The smallest absolute Gasteiger partial charge is 0.322 e. The zero-order valence-corrected chi connectivity index (χ0v) is 12.0. The summed E-state index contributed by atoms with van der Waals surface area (Å²) in [7, 11) is 0. The quantitative estimate of drug-likeness (QED) is 0.243. The average Bonchev–Trinajstić information content (AvgIpc) is 2.25. The second-order valence-electron chi connectivity index (χ2n) is 4.02. The summed E-state index contributed by atoms with van der Waals surface area (Å²) in [6, 6.07) is 0. The number of hydrogen-bond acceptors (Lipinski definition) is 7. The highest BCUT2D eigenvalue weighted by atomic mass is 32.1. The summed E-state index contributed by atoms with van der Waals surface area (Å²) >= 11 is 7.61. The molecule has 18 heavy (non-hydrogen) atoms. The molecule has 2 atom stereocenters. The molecule has 0 saturated heterocycles. The van der Waals surface area contributed by atoms with Crippen LogP contribution in [0.2, 0.25) is 0 Å². The Morgan fingerprint density at radius 3 is 1.83 bits per heavy atom. The molecular formula is C9H20N2O5S2. The maximum atomic E-state index is 11.0. The first-order valence-corrected chi connectivity index (χ1v) is 5.81. The summed E-state index contributed by atoms with van der Waals surface area (Å²) in [5.74, 6) is -1.74. The van der Waals surface area contributed by atoms with Crippen molar-refractivity contribution in [3.63, 3.8) is 0 Å². The Balaban J connectivity index is 0. The molecule has 0 aromatic rings. The summed E-state index contributed by atoms with van der Waals surface area (Å²) in [6.45, 7) is 2.04. The van der Waals surface area contributed by atoms with Crippen molar-refractivity contribution in [2.24, 2.45) is 5.73 Å². The number of aliphatic carboxylic acids is 1. The summed E-state index contributed by atoms with van der Waals surface area (Å²) in [6.07, 6.45) is 0. The van der Waals surface area contributed by atoms with E-state index in [9.17, 15) is 9.59 Å². The SMILES string of the molecule is CC(N)(S)CO.CC(S)(CO)C(=O)NCC(=O)O. The lowest BCUT2D eigenvalue weighted by Gasteiger charge is -2.18. The second kappa shape index (κ2) is 8.59. The predicted molar refractivity (Wildman–Crippen MR) is 73.8 cm³/mol. The van der Waals surface area contributed by atoms with E-state index in [1.165, 1.54) is 6.92 Å². The number of hydrogen-bond donors (Lipinski definition) is 7. The van der Waals surface area contributed by atoms with Crippen LogP contribution in [0.3, 0.4) is 0 Å². The van der Waals surface area contributed by atoms with Crippen molar-refractivity contribution < 1.29 is 24.9 Å². The molecule has 9 heteroatoms. The molecule has 0 radical (unpaired) electrons. The molecule has 7 nitrogen and oxygen atoms in total. The third-order valence-electron chi connectivity index (χ3n) is 1.52. The van der Waals surface area contributed by atoms with Gasteiger partial charge in [-0.25, -0.2) is 0 Å². The van der Waals surface area contributed by atoms with Gasteiger partial charge in [0.25, 0.3) is 0 Å². The lowest BCUT2D eigenvalue weighted by Crippen LogP contribution is -2.44. The first-order valence-electron chi connectivity index (χ1n) is 4.91. The number of rotatable bonds is 5. The van der Waals surface area contributed by atoms with Crippen molar-refractivity contribution in [3.05, 3.63) is 0 Å². The minimum absolute atomic E-state index is 0.0872. The summed E-state index contributed by atoms with van der Waals surface area (Å²) < 4.78 is -1.23. The van der Waals surface area contributed by atoms with Crippen molar-refractivity contribution in [1.29, 1.82) is 0 Å². The molecular weight excluding hydrogens is 280 g/mol. The molecule has 108 valence electrons. The van der Waals surface area contributed by atoms with Gasteiger partial charge in [0.15, 0.2) is 0 Å². The van der Waals surface area contributed by atoms with Crippen LogP contribution in [-0.2, 0) is 9.59 Å². The molecule has 0 bridgehead atoms. The molecule has 0 aliphatic carbocycles. The second-order valence-corrected chi connectivity index (χ2v) is 6.03. The Hall–Kier alpha value is -0.480. The van der Waals surface area contributed by atoms with E-state index in [4.69, 9.17) is 21.1 Å². The molecule has 6 N–H and O–H groups in total. The maximum Gasteiger partial charge on any atom is 0.322 e. The Morgan fingerprint density at radius 1 is 1.22 bits per heavy atom. The number of carboxylic acid groups (broad SMARTS) is 1. The molecule has 0 aliphatic heterocycles. The van der Waals surface area contributed by atoms with Crippen LogP contribution in [0.5, 0.6) is 0 Å². The monoisotopic (exact) mass is 300 g/mol. The van der Waals surface area contributed by atoms with Crippen molar-refractivity contribution in [2.45, 2.75) is 23.5 Å². The van der Waals surface area contributed by atoms with Gasteiger partial charge in [0.05, 0.1) is 18.1 Å². The Labute approximate surface area is 117 Å². The lowest BCUT2D eigenvalue weighted by molar-refractivity contribution is -0.138. The van der Waals surface area contributed by atoms with Gasteiger partial charge in [-0.05, 0) is 13.8 Å². The standard InChI is InChI=1S/C6H11NO4S.C3H9NOS/c1-6(12,3-8)5(11)7-2-4(9)10;1-3(4,6)2-5/h8,12H,2-3H2,1H3,(H,7,11)(H,9,10);5-6H,2,4H2,1H3. The maximum absolute atomic E-state index is 11.0. The minimum atomic E-state index is -1.23. The van der Waals surface area contributed by atoms with E-state index in [0.717, 1.165) is 0 Å². The van der Waals surface area contributed by atoms with Crippen LogP contribution in [0.1, 0.15) is 13.8 Å². The molecule has 0 saturated carbocycles. The van der Waals surface area contributed by atoms with E-state index >= 15 is 0 Å². The largest absolute Gasteiger partial charge is 0.480 e. The fourth-order valence-corrected chi connectivity index (χ4v) is 0.497. The highest BCUT2D eigenvalue weighted by Gasteiger charge is 2.27. The van der Waals surface area contributed by atoms with Gasteiger partial charge in [-0.15, -0.1) is 0 Å². The summed E-state index contributed by atoms with van der Waals surface area (Å²) in [4.78, 5) is 20.3. The van der Waals surface area contributed by atoms with E-state index < -0.39 is 34.6 Å². The van der Waals surface area contributed by atoms with Crippen LogP contribution in [0.25, 0.3) is 0 Å². The Morgan fingerprint density at radius 2 is 1.61 bits per heavy atom. The van der Waals surface area contributed by atoms with E-state index in [2.05, 4.69) is 30.6 Å². The van der Waals surface area contributed by atoms with Crippen LogP contribution in [0.15, 0.2) is 0 Å². The number of amides is 1. The van der Waals surface area contributed by atoms with Crippen LogP contribution in [0.4, 0.5) is 0 Å². The Bertz CT molecular complexity index is 279. The van der Waals surface area contributed by atoms with Gasteiger partial charge in [-0.2, -0.15) is 25.3 Å². The summed E-state index contributed by atoms with van der Waals surface area (Å²) in [5, 5.41) is 27.1. The number of aliphatic hydroxyl groups is 2. The van der Waals surface area contributed by atoms with E-state index in [1.54, 1.807) is 6.92 Å². The van der Waals surface area contributed by atoms with Crippen LogP contribution < -0.4 is 11.1 Å². The third-order valence-corrected chi connectivity index (χ3v) is 2.00. The van der Waals surface area contributed by atoms with E-state index in [-0.39, 0.29) is 6.61 Å². The van der Waals surface area contributed by atoms with Crippen LogP contribution in [-0.4, -0.2) is 56.6 Å². The molecule has 0 fully saturated rings. The fourth-order valence-electron chi connectivity index (χ4n) is 0.418. The normalized spacial score (nSPS) is 16.6. The number of aliphatic hydroxyl groups excluding tert-OH is 2. The first-order chi connectivity index (χ1) is 7.96. The molecule has 0 rings (SSSR count). The molecule has 0 spiro atoms. The van der Waals surface area contributed by atoms with Gasteiger partial charge >= 0.3 is 5.97 Å². The zero-order chi connectivity index (χ0) is 15.0. The number of carboxylic acids is 1. The van der Waals surface area contributed by atoms with Gasteiger partial charge in [0.2, 0.25) is 5.91 Å². The van der Waals surface area contributed by atoms with E-state index in [1.807, 2.05) is 0 Å². The minimum Gasteiger partial charge on any atom is -0.480 e. The highest BCUT2D eigenvalue weighted by Crippen LogP contribution is 2.11. The van der Waals surface area contributed by atoms with Gasteiger partial charge in [-0.3, -0.25) is 9.59 Å². The molecule has 1 amide bonds. The van der Waals surface area contributed by atoms with Crippen LogP contribution in [0, 0.1) is 0 Å².